The van der Waals surface area contributed by atoms with Gasteiger partial charge in [-0.1, -0.05) is 45.7 Å². The predicted molar refractivity (Wildman–Crippen MR) is 93.8 cm³/mol. The van der Waals surface area contributed by atoms with Gasteiger partial charge in [-0.15, -0.1) is 0 Å². The number of anilines is 1. The summed E-state index contributed by atoms with van der Waals surface area (Å²) in [5.41, 5.74) is 9.08. The molecule has 0 radical (unpaired) electrons. The molecule has 21 heavy (non-hydrogen) atoms. The van der Waals surface area contributed by atoms with Crippen molar-refractivity contribution in [3.63, 3.8) is 0 Å². The van der Waals surface area contributed by atoms with E-state index in [1.807, 2.05) is 42.5 Å². The number of halogens is 3. The van der Waals surface area contributed by atoms with Crippen LogP contribution in [-0.2, 0) is 0 Å². The highest BCUT2D eigenvalue weighted by molar-refractivity contribution is 9.10. The lowest BCUT2D eigenvalue weighted by atomic mass is 10.1. The number of rotatable bonds is 2. The van der Waals surface area contributed by atoms with Crippen LogP contribution in [0.3, 0.4) is 0 Å². The van der Waals surface area contributed by atoms with Crippen LogP contribution < -0.4 is 5.73 Å². The highest BCUT2D eigenvalue weighted by Crippen LogP contribution is 2.33. The van der Waals surface area contributed by atoms with E-state index in [1.165, 1.54) is 0 Å². The number of para-hydroxylation sites is 1. The van der Waals surface area contributed by atoms with Gasteiger partial charge < -0.3 is 5.73 Å². The van der Waals surface area contributed by atoms with Crippen LogP contribution in [0.2, 0.25) is 5.02 Å². The van der Waals surface area contributed by atoms with E-state index >= 15 is 0 Å². The predicted octanol–water partition coefficient (Wildman–Crippen LogP) is 5.30. The van der Waals surface area contributed by atoms with E-state index in [0.717, 1.165) is 20.2 Å². The summed E-state index contributed by atoms with van der Waals surface area (Å²) in [5, 5.41) is 5.17. The van der Waals surface area contributed by atoms with Crippen LogP contribution in [0.1, 0.15) is 0 Å². The summed E-state index contributed by atoms with van der Waals surface area (Å²) < 4.78 is 3.61. The van der Waals surface area contributed by atoms with Gasteiger partial charge in [0.2, 0.25) is 0 Å². The molecule has 1 aromatic heterocycles. The van der Waals surface area contributed by atoms with Gasteiger partial charge in [0.1, 0.15) is 5.69 Å². The zero-order chi connectivity index (χ0) is 15.0. The van der Waals surface area contributed by atoms with Crippen molar-refractivity contribution in [2.24, 2.45) is 0 Å². The van der Waals surface area contributed by atoms with Crippen molar-refractivity contribution in [3.8, 4) is 16.9 Å². The van der Waals surface area contributed by atoms with Gasteiger partial charge in [0.15, 0.2) is 0 Å². The monoisotopic (exact) mass is 425 g/mol. The molecule has 3 rings (SSSR count). The minimum atomic E-state index is 0.579. The van der Waals surface area contributed by atoms with Crippen LogP contribution in [0.15, 0.2) is 57.6 Å². The molecule has 0 aliphatic heterocycles. The van der Waals surface area contributed by atoms with Gasteiger partial charge in [0, 0.05) is 14.5 Å². The van der Waals surface area contributed by atoms with E-state index in [2.05, 4.69) is 37.0 Å². The van der Waals surface area contributed by atoms with Gasteiger partial charge in [0.25, 0.3) is 0 Å². The Morgan fingerprint density at radius 3 is 2.57 bits per heavy atom. The molecular formula is C15H10Br2ClN3. The van der Waals surface area contributed by atoms with Gasteiger partial charge in [0.05, 0.1) is 22.6 Å². The Hall–Kier alpha value is -1.30. The molecule has 0 bridgehead atoms. The first-order valence-corrected chi connectivity index (χ1v) is 8.08. The Bertz CT molecular complexity index is 814. The Balaban J connectivity index is 2.12. The third-order valence-corrected chi connectivity index (χ3v) is 4.50. The van der Waals surface area contributed by atoms with Crippen LogP contribution in [-0.4, -0.2) is 9.78 Å². The second-order valence-corrected chi connectivity index (χ2v) is 6.63. The molecule has 0 fully saturated rings. The molecule has 0 amide bonds. The maximum Gasteiger partial charge on any atom is 0.117 e. The quantitative estimate of drug-likeness (QED) is 0.603. The van der Waals surface area contributed by atoms with E-state index in [0.29, 0.717) is 16.4 Å². The lowest BCUT2D eigenvalue weighted by molar-refractivity contribution is 0.880. The topological polar surface area (TPSA) is 43.8 Å². The second-order valence-electron chi connectivity index (χ2n) is 4.45. The molecular weight excluding hydrogens is 417 g/mol. The molecule has 0 aliphatic rings. The van der Waals surface area contributed by atoms with Crippen LogP contribution in [0.25, 0.3) is 16.9 Å². The van der Waals surface area contributed by atoms with Gasteiger partial charge in [-0.05, 0) is 40.2 Å². The van der Waals surface area contributed by atoms with Crippen molar-refractivity contribution < 1.29 is 0 Å². The van der Waals surface area contributed by atoms with Gasteiger partial charge in [-0.3, -0.25) is 0 Å². The molecule has 0 unspecified atom stereocenters. The number of nitrogens with two attached hydrogens (primary N) is 1. The fraction of sp³-hybridized carbons (Fsp3) is 0. The Labute approximate surface area is 144 Å². The summed E-state index contributed by atoms with van der Waals surface area (Å²) in [5.74, 6) is 0. The van der Waals surface area contributed by atoms with Crippen molar-refractivity contribution in [2.75, 3.05) is 5.73 Å². The van der Waals surface area contributed by atoms with Crippen molar-refractivity contribution in [1.29, 1.82) is 0 Å². The summed E-state index contributed by atoms with van der Waals surface area (Å²) >= 11 is 13.2. The fourth-order valence-corrected chi connectivity index (χ4v) is 3.27. The van der Waals surface area contributed by atoms with Gasteiger partial charge in [-0.2, -0.15) is 5.10 Å². The van der Waals surface area contributed by atoms with Crippen molar-refractivity contribution in [3.05, 3.63) is 62.6 Å². The molecule has 106 valence electrons. The molecule has 3 nitrogen and oxygen atoms in total. The smallest absolute Gasteiger partial charge is 0.117 e. The SMILES string of the molecule is Nc1cn(-c2ccccc2Br)nc1-c1ccc(Br)cc1Cl. The lowest BCUT2D eigenvalue weighted by Crippen LogP contribution is -1.95. The first kappa shape index (κ1) is 14.6. The number of hydrogen-bond acceptors (Lipinski definition) is 2. The minimum Gasteiger partial charge on any atom is -0.396 e. The molecule has 2 aromatic carbocycles. The minimum absolute atomic E-state index is 0.579. The van der Waals surface area contributed by atoms with E-state index in [1.54, 1.807) is 10.9 Å². The lowest BCUT2D eigenvalue weighted by Gasteiger charge is -2.04. The average molecular weight is 428 g/mol. The van der Waals surface area contributed by atoms with Crippen LogP contribution in [0.5, 0.6) is 0 Å². The standard InChI is InChI=1S/C15H10Br2ClN3/c16-9-5-6-10(12(18)7-9)15-13(19)8-21(20-15)14-4-2-1-3-11(14)17/h1-8H,19H2. The van der Waals surface area contributed by atoms with Crippen LogP contribution in [0.4, 0.5) is 5.69 Å². The number of aromatic nitrogens is 2. The largest absolute Gasteiger partial charge is 0.396 e. The first-order chi connectivity index (χ1) is 10.1. The van der Waals surface area contributed by atoms with Gasteiger partial charge in [-0.25, -0.2) is 4.68 Å². The second kappa shape index (κ2) is 5.83. The van der Waals surface area contributed by atoms with E-state index in [-0.39, 0.29) is 0 Å². The molecule has 0 spiro atoms. The zero-order valence-electron chi connectivity index (χ0n) is 10.7. The highest BCUT2D eigenvalue weighted by Gasteiger charge is 2.14. The third-order valence-electron chi connectivity index (χ3n) is 3.03. The van der Waals surface area contributed by atoms with Crippen LogP contribution in [0, 0.1) is 0 Å². The average Bonchev–Trinajstić information content (AvgIpc) is 2.81. The molecule has 2 N–H and O–H groups in total. The van der Waals surface area contributed by atoms with E-state index < -0.39 is 0 Å². The maximum atomic E-state index is 6.28. The maximum absolute atomic E-state index is 6.28. The van der Waals surface area contributed by atoms with Crippen molar-refractivity contribution >= 4 is 49.1 Å². The van der Waals surface area contributed by atoms with E-state index in [9.17, 15) is 0 Å². The summed E-state index contributed by atoms with van der Waals surface area (Å²) in [4.78, 5) is 0. The Morgan fingerprint density at radius 2 is 1.86 bits per heavy atom. The third kappa shape index (κ3) is 2.86. The number of hydrogen-bond donors (Lipinski definition) is 1. The number of nitrogens with zero attached hydrogens (tertiary/aromatic N) is 2. The number of nitrogen functional groups attached to an aromatic ring is 1. The Morgan fingerprint density at radius 1 is 1.10 bits per heavy atom. The summed E-state index contributed by atoms with van der Waals surface area (Å²) in [6, 6.07) is 13.5. The molecule has 6 heteroatoms. The molecule has 0 aliphatic carbocycles. The number of benzene rings is 2. The summed E-state index contributed by atoms with van der Waals surface area (Å²) in [6.45, 7) is 0. The summed E-state index contributed by atoms with van der Waals surface area (Å²) in [7, 11) is 0. The molecule has 3 aromatic rings. The van der Waals surface area contributed by atoms with Crippen molar-refractivity contribution in [1.82, 2.24) is 9.78 Å². The highest BCUT2D eigenvalue weighted by atomic mass is 79.9. The molecule has 1 heterocycles. The zero-order valence-corrected chi connectivity index (χ0v) is 14.7. The Kier molecular flexibility index (Phi) is 4.06. The summed E-state index contributed by atoms with van der Waals surface area (Å²) in [6.07, 6.45) is 1.79. The van der Waals surface area contributed by atoms with Crippen molar-refractivity contribution in [2.45, 2.75) is 0 Å². The fourth-order valence-electron chi connectivity index (χ4n) is 2.04. The molecule has 0 saturated heterocycles. The molecule has 0 atom stereocenters. The van der Waals surface area contributed by atoms with Crippen LogP contribution >= 0.6 is 43.5 Å². The van der Waals surface area contributed by atoms with E-state index in [4.69, 9.17) is 17.3 Å². The normalized spacial score (nSPS) is 10.8. The van der Waals surface area contributed by atoms with Gasteiger partial charge >= 0.3 is 0 Å². The molecule has 0 saturated carbocycles. The first-order valence-electron chi connectivity index (χ1n) is 6.12.